The predicted octanol–water partition coefficient (Wildman–Crippen LogP) is 1.72. The van der Waals surface area contributed by atoms with Crippen molar-refractivity contribution in [3.8, 4) is 5.75 Å². The van der Waals surface area contributed by atoms with E-state index in [0.717, 1.165) is 18.5 Å². The van der Waals surface area contributed by atoms with Gasteiger partial charge in [0.2, 0.25) is 15.9 Å². The van der Waals surface area contributed by atoms with Gasteiger partial charge in [-0.1, -0.05) is 12.1 Å². The third-order valence-electron chi connectivity index (χ3n) is 4.47. The van der Waals surface area contributed by atoms with Crippen LogP contribution in [0.1, 0.15) is 28.8 Å². The van der Waals surface area contributed by atoms with Crippen LogP contribution in [0.4, 0.5) is 5.69 Å². The number of hydrogen-bond acceptors (Lipinski definition) is 5. The number of rotatable bonds is 6. The summed E-state index contributed by atoms with van der Waals surface area (Å²) in [7, 11) is -2.57. The number of sulfonamides is 1. The number of amides is 2. The van der Waals surface area contributed by atoms with Crippen LogP contribution in [0.5, 0.6) is 5.75 Å². The fourth-order valence-corrected chi connectivity index (χ4v) is 3.62. The number of carbonyl (C=O) groups excluding carboxylic acids is 2. The van der Waals surface area contributed by atoms with Crippen LogP contribution in [0.15, 0.2) is 47.4 Å². The molecular weight excluding hydrogens is 382 g/mol. The molecule has 2 aromatic carbocycles. The van der Waals surface area contributed by atoms with Gasteiger partial charge >= 0.3 is 0 Å². The van der Waals surface area contributed by atoms with Crippen molar-refractivity contribution in [3.05, 3.63) is 53.6 Å². The zero-order valence-corrected chi connectivity index (χ0v) is 16.2. The van der Waals surface area contributed by atoms with Crippen molar-refractivity contribution in [1.82, 2.24) is 4.90 Å². The molecule has 0 saturated carbocycles. The van der Waals surface area contributed by atoms with Crippen molar-refractivity contribution in [2.75, 3.05) is 19.0 Å². The molecular formula is C19H21N3O5S. The largest absolute Gasteiger partial charge is 0.496 e. The Morgan fingerprint density at radius 1 is 1.25 bits per heavy atom. The third kappa shape index (κ3) is 4.49. The van der Waals surface area contributed by atoms with Gasteiger partial charge in [-0.15, -0.1) is 0 Å². The molecule has 0 spiro atoms. The van der Waals surface area contributed by atoms with Crippen LogP contribution in [0.3, 0.4) is 0 Å². The summed E-state index contributed by atoms with van der Waals surface area (Å²) in [6.45, 7) is 1.21. The Balaban J connectivity index is 1.81. The maximum atomic E-state index is 12.7. The first kappa shape index (κ1) is 19.8. The number of primary sulfonamides is 1. The highest BCUT2D eigenvalue weighted by Gasteiger charge is 2.21. The van der Waals surface area contributed by atoms with Crippen LogP contribution < -0.4 is 15.2 Å². The maximum Gasteiger partial charge on any atom is 0.259 e. The number of likely N-dealkylation sites (tertiary alicyclic amines) is 1. The van der Waals surface area contributed by atoms with Gasteiger partial charge in [-0.3, -0.25) is 9.59 Å². The number of nitrogens with zero attached hydrogens (tertiary/aromatic N) is 1. The molecule has 1 fully saturated rings. The fourth-order valence-electron chi connectivity index (χ4n) is 3.08. The monoisotopic (exact) mass is 403 g/mol. The molecule has 1 aliphatic rings. The number of nitrogens with one attached hydrogen (secondary N) is 1. The van der Waals surface area contributed by atoms with Crippen LogP contribution in [0, 0.1) is 0 Å². The smallest absolute Gasteiger partial charge is 0.259 e. The summed E-state index contributed by atoms with van der Waals surface area (Å²) >= 11 is 0. The lowest BCUT2D eigenvalue weighted by molar-refractivity contribution is -0.128. The van der Waals surface area contributed by atoms with E-state index < -0.39 is 15.9 Å². The van der Waals surface area contributed by atoms with Crippen molar-refractivity contribution < 1.29 is 22.7 Å². The molecule has 0 atom stereocenters. The third-order valence-corrected chi connectivity index (χ3v) is 5.38. The minimum atomic E-state index is -3.96. The Morgan fingerprint density at radius 2 is 2.04 bits per heavy atom. The van der Waals surface area contributed by atoms with Gasteiger partial charge in [0.1, 0.15) is 5.75 Å². The number of carbonyl (C=O) groups is 2. The number of nitrogens with two attached hydrogens (primary N) is 1. The lowest BCUT2D eigenvalue weighted by Crippen LogP contribution is -2.23. The molecule has 9 heteroatoms. The lowest BCUT2D eigenvalue weighted by atomic mass is 10.1. The lowest BCUT2D eigenvalue weighted by Gasteiger charge is -2.16. The molecule has 2 aromatic rings. The molecule has 0 radical (unpaired) electrons. The summed E-state index contributed by atoms with van der Waals surface area (Å²) < 4.78 is 28.3. The van der Waals surface area contributed by atoms with E-state index >= 15 is 0 Å². The van der Waals surface area contributed by atoms with Crippen molar-refractivity contribution in [2.24, 2.45) is 5.14 Å². The van der Waals surface area contributed by atoms with Crippen LogP contribution in [0.25, 0.3) is 0 Å². The first-order valence-electron chi connectivity index (χ1n) is 8.67. The van der Waals surface area contributed by atoms with Crippen LogP contribution in [-0.2, 0) is 21.4 Å². The van der Waals surface area contributed by atoms with Crippen molar-refractivity contribution >= 4 is 27.5 Å². The van der Waals surface area contributed by atoms with E-state index in [9.17, 15) is 18.0 Å². The van der Waals surface area contributed by atoms with Gasteiger partial charge in [-0.2, -0.15) is 0 Å². The maximum absolute atomic E-state index is 12.7. The molecule has 0 bridgehead atoms. The second-order valence-electron chi connectivity index (χ2n) is 6.48. The van der Waals surface area contributed by atoms with Gasteiger partial charge in [0, 0.05) is 25.2 Å². The average molecular weight is 403 g/mol. The first-order valence-corrected chi connectivity index (χ1v) is 10.2. The van der Waals surface area contributed by atoms with Gasteiger partial charge in [0.05, 0.1) is 17.6 Å². The molecule has 28 heavy (non-hydrogen) atoms. The molecule has 0 aromatic heterocycles. The topological polar surface area (TPSA) is 119 Å². The van der Waals surface area contributed by atoms with Crippen LogP contribution >= 0.6 is 0 Å². The Hall–Kier alpha value is -2.91. The summed E-state index contributed by atoms with van der Waals surface area (Å²) in [5.41, 5.74) is 1.46. The minimum Gasteiger partial charge on any atom is -0.496 e. The van der Waals surface area contributed by atoms with E-state index in [-0.39, 0.29) is 22.1 Å². The average Bonchev–Trinajstić information content (AvgIpc) is 3.05. The molecule has 2 amide bonds. The normalized spacial score (nSPS) is 14.2. The van der Waals surface area contributed by atoms with Gasteiger partial charge in [-0.25, -0.2) is 13.6 Å². The summed E-state index contributed by atoms with van der Waals surface area (Å²) in [6, 6.07) is 11.0. The molecule has 148 valence electrons. The highest BCUT2D eigenvalue weighted by molar-refractivity contribution is 7.89. The summed E-state index contributed by atoms with van der Waals surface area (Å²) in [5, 5.41) is 7.88. The predicted molar refractivity (Wildman–Crippen MR) is 103 cm³/mol. The summed E-state index contributed by atoms with van der Waals surface area (Å²) in [4.78, 5) is 26.1. The van der Waals surface area contributed by atoms with Crippen molar-refractivity contribution in [3.63, 3.8) is 0 Å². The standard InChI is InChI=1S/C19H21N3O5S/c1-27-17-8-7-15(28(20,25)26)11-16(17)19(24)21-14-5-2-4-13(10-14)12-22-9-3-6-18(22)23/h2,4-5,7-8,10-11H,3,6,9,12H2,1H3,(H,21,24)(H2,20,25,26). The minimum absolute atomic E-state index is 0.0501. The van der Waals surface area contributed by atoms with E-state index in [1.807, 2.05) is 6.07 Å². The fraction of sp³-hybridized carbons (Fsp3) is 0.263. The van der Waals surface area contributed by atoms with Crippen LogP contribution in [0.2, 0.25) is 0 Å². The van der Waals surface area contributed by atoms with Gasteiger partial charge in [0.25, 0.3) is 5.91 Å². The summed E-state index contributed by atoms with van der Waals surface area (Å²) in [6.07, 6.45) is 1.42. The van der Waals surface area contributed by atoms with E-state index in [1.165, 1.54) is 25.3 Å². The zero-order valence-electron chi connectivity index (χ0n) is 15.3. The Kier molecular flexibility index (Phi) is 5.66. The van der Waals surface area contributed by atoms with Crippen molar-refractivity contribution in [2.45, 2.75) is 24.3 Å². The van der Waals surface area contributed by atoms with Gasteiger partial charge in [0.15, 0.2) is 0 Å². The number of methoxy groups -OCH3 is 1. The molecule has 8 nitrogen and oxygen atoms in total. The number of ether oxygens (including phenoxy) is 1. The molecule has 0 unspecified atom stereocenters. The second kappa shape index (κ2) is 7.99. The molecule has 1 saturated heterocycles. The first-order chi connectivity index (χ1) is 13.3. The molecule has 1 heterocycles. The van der Waals surface area contributed by atoms with Crippen LogP contribution in [-0.4, -0.2) is 38.8 Å². The van der Waals surface area contributed by atoms with Gasteiger partial charge in [-0.05, 0) is 42.3 Å². The molecule has 1 aliphatic heterocycles. The number of benzene rings is 2. The van der Waals surface area contributed by atoms with E-state index in [0.29, 0.717) is 18.7 Å². The molecule has 3 N–H and O–H groups in total. The number of hydrogen-bond donors (Lipinski definition) is 2. The highest BCUT2D eigenvalue weighted by atomic mass is 32.2. The van der Waals surface area contributed by atoms with Crippen molar-refractivity contribution in [1.29, 1.82) is 0 Å². The van der Waals surface area contributed by atoms with E-state index in [4.69, 9.17) is 9.88 Å². The Labute approximate surface area is 163 Å². The molecule has 0 aliphatic carbocycles. The summed E-state index contributed by atoms with van der Waals surface area (Å²) in [5.74, 6) is -0.181. The Bertz CT molecular complexity index is 1020. The van der Waals surface area contributed by atoms with E-state index in [2.05, 4.69) is 5.32 Å². The molecule has 3 rings (SSSR count). The van der Waals surface area contributed by atoms with Gasteiger partial charge < -0.3 is 15.0 Å². The van der Waals surface area contributed by atoms with E-state index in [1.54, 1.807) is 23.1 Å². The SMILES string of the molecule is COc1ccc(S(N)(=O)=O)cc1C(=O)Nc1cccc(CN2CCCC2=O)c1. The quantitative estimate of drug-likeness (QED) is 0.761. The second-order valence-corrected chi connectivity index (χ2v) is 8.04. The zero-order chi connectivity index (χ0) is 20.3. The Morgan fingerprint density at radius 3 is 2.68 bits per heavy atom. The highest BCUT2D eigenvalue weighted by Crippen LogP contribution is 2.24. The number of anilines is 1.